The number of allylic oxidation sites excluding steroid dienone is 1. The molecule has 0 aromatic heterocycles. The number of hydrogen-bond donors (Lipinski definition) is 0. The minimum Gasteiger partial charge on any atom is -0.380 e. The molecule has 0 heterocycles. The molecular weight excluding hydrogens is 184 g/mol. The summed E-state index contributed by atoms with van der Waals surface area (Å²) in [4.78, 5) is 0. The van der Waals surface area contributed by atoms with Crippen LogP contribution in [0, 0.1) is 0 Å². The molecule has 1 nitrogen and oxygen atoms in total. The van der Waals surface area contributed by atoms with Crippen LogP contribution in [0.4, 0.5) is 0 Å². The third-order valence-electron chi connectivity index (χ3n) is 1.74. The first-order valence-corrected chi connectivity index (χ1v) is 4.71. The summed E-state index contributed by atoms with van der Waals surface area (Å²) < 4.78 is 5.08. The number of benzene rings is 1. The average molecular weight is 197 g/mol. The third-order valence-corrected chi connectivity index (χ3v) is 1.92. The van der Waals surface area contributed by atoms with Gasteiger partial charge in [-0.25, -0.2) is 0 Å². The Morgan fingerprint density at radius 1 is 1.38 bits per heavy atom. The van der Waals surface area contributed by atoms with Crippen LogP contribution in [-0.4, -0.2) is 13.0 Å². The molecule has 0 spiro atoms. The van der Waals surface area contributed by atoms with E-state index < -0.39 is 0 Å². The van der Waals surface area contributed by atoms with Crippen LogP contribution in [0.2, 0.25) is 0 Å². The van der Waals surface area contributed by atoms with Gasteiger partial charge < -0.3 is 4.74 Å². The summed E-state index contributed by atoms with van der Waals surface area (Å²) in [7, 11) is 1.70. The van der Waals surface area contributed by atoms with Gasteiger partial charge in [0.25, 0.3) is 0 Å². The Kier molecular flexibility index (Phi) is 4.58. The average Bonchev–Trinajstić information content (AvgIpc) is 2.17. The van der Waals surface area contributed by atoms with E-state index in [4.69, 9.17) is 16.3 Å². The zero-order valence-corrected chi connectivity index (χ0v) is 8.42. The molecule has 2 heteroatoms. The maximum absolute atomic E-state index is 5.56. The largest absolute Gasteiger partial charge is 0.380 e. The Labute approximate surface area is 84.0 Å². The monoisotopic (exact) mass is 196 g/mol. The van der Waals surface area contributed by atoms with Gasteiger partial charge in [0.05, 0.1) is 6.61 Å². The van der Waals surface area contributed by atoms with E-state index in [1.807, 2.05) is 24.3 Å². The van der Waals surface area contributed by atoms with Gasteiger partial charge in [-0.1, -0.05) is 36.4 Å². The van der Waals surface area contributed by atoms with Gasteiger partial charge in [-0.15, -0.1) is 11.6 Å². The molecule has 0 unspecified atom stereocenters. The number of hydrogen-bond acceptors (Lipinski definition) is 1. The van der Waals surface area contributed by atoms with Crippen LogP contribution in [0.3, 0.4) is 0 Å². The van der Waals surface area contributed by atoms with E-state index in [2.05, 4.69) is 12.1 Å². The van der Waals surface area contributed by atoms with Crippen molar-refractivity contribution < 1.29 is 4.74 Å². The predicted octanol–water partition coefficient (Wildman–Crippen LogP) is 3.09. The Balaban J connectivity index is 2.84. The molecule has 70 valence electrons. The minimum absolute atomic E-state index is 0.543. The van der Waals surface area contributed by atoms with E-state index >= 15 is 0 Å². The standard InChI is InChI=1S/C11H13ClO/c1-13-9-11-6-3-2-5-10(11)7-4-8-12/h2-7H,8-9H2,1H3. The first-order chi connectivity index (χ1) is 6.38. The van der Waals surface area contributed by atoms with Crippen molar-refractivity contribution in [2.45, 2.75) is 6.61 Å². The molecule has 0 atom stereocenters. The molecule has 1 rings (SSSR count). The number of rotatable bonds is 4. The maximum atomic E-state index is 5.56. The fourth-order valence-corrected chi connectivity index (χ4v) is 1.24. The highest BCUT2D eigenvalue weighted by Gasteiger charge is 1.96. The molecule has 1 aromatic rings. The molecule has 0 aliphatic carbocycles. The van der Waals surface area contributed by atoms with Crippen molar-refractivity contribution in [3.05, 3.63) is 41.5 Å². The smallest absolute Gasteiger partial charge is 0.0718 e. The Hall–Kier alpha value is -0.790. The molecule has 1 aromatic carbocycles. The van der Waals surface area contributed by atoms with E-state index in [1.165, 1.54) is 11.1 Å². The summed E-state index contributed by atoms with van der Waals surface area (Å²) in [5.74, 6) is 0.543. The first kappa shape index (κ1) is 10.3. The number of alkyl halides is 1. The van der Waals surface area contributed by atoms with Crippen LogP contribution >= 0.6 is 11.6 Å². The van der Waals surface area contributed by atoms with Crippen molar-refractivity contribution >= 4 is 17.7 Å². The highest BCUT2D eigenvalue weighted by atomic mass is 35.5. The second-order valence-corrected chi connectivity index (χ2v) is 3.00. The van der Waals surface area contributed by atoms with Crippen LogP contribution in [0.5, 0.6) is 0 Å². The normalized spacial score (nSPS) is 10.9. The van der Waals surface area contributed by atoms with Crippen molar-refractivity contribution in [3.8, 4) is 0 Å². The highest BCUT2D eigenvalue weighted by molar-refractivity contribution is 6.19. The Morgan fingerprint density at radius 2 is 2.15 bits per heavy atom. The minimum atomic E-state index is 0.543. The van der Waals surface area contributed by atoms with E-state index in [9.17, 15) is 0 Å². The van der Waals surface area contributed by atoms with Crippen LogP contribution in [0.25, 0.3) is 6.08 Å². The lowest BCUT2D eigenvalue weighted by molar-refractivity contribution is 0.184. The van der Waals surface area contributed by atoms with E-state index in [1.54, 1.807) is 7.11 Å². The molecule has 0 saturated heterocycles. The summed E-state index contributed by atoms with van der Waals surface area (Å²) in [6.07, 6.45) is 3.94. The van der Waals surface area contributed by atoms with Gasteiger partial charge in [0, 0.05) is 13.0 Å². The number of halogens is 1. The summed E-state index contributed by atoms with van der Waals surface area (Å²) in [6.45, 7) is 0.642. The number of methoxy groups -OCH3 is 1. The second-order valence-electron chi connectivity index (χ2n) is 2.69. The van der Waals surface area contributed by atoms with Crippen molar-refractivity contribution in [1.29, 1.82) is 0 Å². The van der Waals surface area contributed by atoms with Gasteiger partial charge >= 0.3 is 0 Å². The Morgan fingerprint density at radius 3 is 2.85 bits per heavy atom. The van der Waals surface area contributed by atoms with Crippen molar-refractivity contribution in [1.82, 2.24) is 0 Å². The van der Waals surface area contributed by atoms with Crippen LogP contribution < -0.4 is 0 Å². The molecular formula is C11H13ClO. The van der Waals surface area contributed by atoms with Crippen molar-refractivity contribution in [2.75, 3.05) is 13.0 Å². The zero-order chi connectivity index (χ0) is 9.52. The number of ether oxygens (including phenoxy) is 1. The lowest BCUT2D eigenvalue weighted by Gasteiger charge is -2.03. The summed E-state index contributed by atoms with van der Waals surface area (Å²) in [5.41, 5.74) is 2.36. The Bertz CT molecular complexity index is 281. The first-order valence-electron chi connectivity index (χ1n) is 4.18. The molecule has 0 amide bonds. The molecule has 0 saturated carbocycles. The predicted molar refractivity (Wildman–Crippen MR) is 56.9 cm³/mol. The lowest BCUT2D eigenvalue weighted by Crippen LogP contribution is -1.90. The van der Waals surface area contributed by atoms with Crippen molar-refractivity contribution in [3.63, 3.8) is 0 Å². The van der Waals surface area contributed by atoms with Gasteiger partial charge in [-0.05, 0) is 11.1 Å². The van der Waals surface area contributed by atoms with Crippen molar-refractivity contribution in [2.24, 2.45) is 0 Å². The van der Waals surface area contributed by atoms with Crippen LogP contribution in [-0.2, 0) is 11.3 Å². The van der Waals surface area contributed by atoms with E-state index in [0.29, 0.717) is 12.5 Å². The van der Waals surface area contributed by atoms with Gasteiger partial charge in [0.2, 0.25) is 0 Å². The molecule has 0 radical (unpaired) electrons. The summed E-state index contributed by atoms with van der Waals surface area (Å²) in [5, 5.41) is 0. The highest BCUT2D eigenvalue weighted by Crippen LogP contribution is 2.11. The van der Waals surface area contributed by atoms with Gasteiger partial charge in [-0.3, -0.25) is 0 Å². The zero-order valence-electron chi connectivity index (χ0n) is 7.66. The molecule has 13 heavy (non-hydrogen) atoms. The fraction of sp³-hybridized carbons (Fsp3) is 0.273. The van der Waals surface area contributed by atoms with E-state index in [0.717, 1.165) is 0 Å². The quantitative estimate of drug-likeness (QED) is 0.673. The summed E-state index contributed by atoms with van der Waals surface area (Å²) >= 11 is 5.56. The van der Waals surface area contributed by atoms with Gasteiger partial charge in [0.15, 0.2) is 0 Å². The molecule has 0 aliphatic heterocycles. The lowest BCUT2D eigenvalue weighted by atomic mass is 10.1. The van der Waals surface area contributed by atoms with Crippen LogP contribution in [0.1, 0.15) is 11.1 Å². The molecule has 0 bridgehead atoms. The van der Waals surface area contributed by atoms with Gasteiger partial charge in [0.1, 0.15) is 0 Å². The van der Waals surface area contributed by atoms with Crippen LogP contribution in [0.15, 0.2) is 30.3 Å². The van der Waals surface area contributed by atoms with Gasteiger partial charge in [-0.2, -0.15) is 0 Å². The SMILES string of the molecule is COCc1ccccc1C=CCCl. The van der Waals surface area contributed by atoms with E-state index in [-0.39, 0.29) is 0 Å². The molecule has 0 N–H and O–H groups in total. The second kappa shape index (κ2) is 5.79. The third kappa shape index (κ3) is 3.21. The fourth-order valence-electron chi connectivity index (χ4n) is 1.16. The molecule has 0 fully saturated rings. The topological polar surface area (TPSA) is 9.23 Å². The maximum Gasteiger partial charge on any atom is 0.0718 e. The summed E-state index contributed by atoms with van der Waals surface area (Å²) in [6, 6.07) is 8.12. The molecule has 0 aliphatic rings.